The van der Waals surface area contributed by atoms with E-state index in [-0.39, 0.29) is 52.9 Å². The van der Waals surface area contributed by atoms with Crippen molar-refractivity contribution >= 4 is 11.9 Å². The monoisotopic (exact) mass is 403 g/mol. The van der Waals surface area contributed by atoms with Crippen LogP contribution in [0.15, 0.2) is 16.8 Å². The maximum Gasteiger partial charge on any atom is 0.302 e. The molecular formula is C23H33NO5. The molecule has 4 aliphatic rings. The molecule has 0 N–H and O–H groups in total. The standard InChI is InChI=1S/C23H33NO5/c1-13(25)28-16-10-15-11-19(24-27)21-17-6-5-8-22(17,3)9-7-18(21)23(15,4)20(12-16)29-14(2)26/h11,16-21H,5-10,12H2,1-4H3/t16-,17+,18+,19?,20-,21+,22+,23+/m1/s1. The summed E-state index contributed by atoms with van der Waals surface area (Å²) in [6.07, 6.45) is 8.20. The van der Waals surface area contributed by atoms with Crippen molar-refractivity contribution < 1.29 is 19.1 Å². The first kappa shape index (κ1) is 20.5. The van der Waals surface area contributed by atoms with Crippen molar-refractivity contribution in [3.8, 4) is 0 Å². The lowest BCUT2D eigenvalue weighted by molar-refractivity contribution is -0.171. The van der Waals surface area contributed by atoms with Gasteiger partial charge in [0.25, 0.3) is 0 Å². The summed E-state index contributed by atoms with van der Waals surface area (Å²) < 4.78 is 11.4. The first-order valence-corrected chi connectivity index (χ1v) is 11.1. The van der Waals surface area contributed by atoms with Crippen LogP contribution >= 0.6 is 0 Å². The zero-order valence-electron chi connectivity index (χ0n) is 18.0. The zero-order valence-corrected chi connectivity index (χ0v) is 18.0. The number of hydrogen-bond donors (Lipinski definition) is 0. The Morgan fingerprint density at radius 2 is 1.79 bits per heavy atom. The van der Waals surface area contributed by atoms with E-state index in [0.717, 1.165) is 24.8 Å². The predicted octanol–water partition coefficient (Wildman–Crippen LogP) is 4.56. The molecule has 4 aliphatic carbocycles. The van der Waals surface area contributed by atoms with Crippen LogP contribution in [0.4, 0.5) is 0 Å². The van der Waals surface area contributed by atoms with E-state index in [1.807, 2.05) is 6.08 Å². The van der Waals surface area contributed by atoms with Gasteiger partial charge in [-0.3, -0.25) is 9.59 Å². The molecule has 160 valence electrons. The highest BCUT2D eigenvalue weighted by Crippen LogP contribution is 2.65. The molecule has 0 aliphatic heterocycles. The van der Waals surface area contributed by atoms with Gasteiger partial charge in [-0.2, -0.15) is 4.91 Å². The van der Waals surface area contributed by atoms with Crippen LogP contribution in [0.3, 0.4) is 0 Å². The average Bonchev–Trinajstić information content (AvgIpc) is 3.03. The first-order valence-electron chi connectivity index (χ1n) is 11.1. The molecule has 3 saturated carbocycles. The van der Waals surface area contributed by atoms with Crippen LogP contribution < -0.4 is 0 Å². The third-order valence-corrected chi connectivity index (χ3v) is 8.70. The minimum atomic E-state index is -0.352. The molecule has 8 atom stereocenters. The highest BCUT2D eigenvalue weighted by atomic mass is 16.6. The lowest BCUT2D eigenvalue weighted by atomic mass is 9.46. The van der Waals surface area contributed by atoms with Crippen molar-refractivity contribution in [2.75, 3.05) is 0 Å². The van der Waals surface area contributed by atoms with Gasteiger partial charge in [0, 0.05) is 32.1 Å². The minimum Gasteiger partial charge on any atom is -0.462 e. The summed E-state index contributed by atoms with van der Waals surface area (Å²) in [4.78, 5) is 35.5. The van der Waals surface area contributed by atoms with E-state index in [4.69, 9.17) is 9.47 Å². The Kier molecular flexibility index (Phi) is 5.11. The lowest BCUT2D eigenvalue weighted by Crippen LogP contribution is -2.59. The summed E-state index contributed by atoms with van der Waals surface area (Å²) in [7, 11) is 0. The van der Waals surface area contributed by atoms with Crippen LogP contribution in [-0.4, -0.2) is 30.2 Å². The highest BCUT2D eigenvalue weighted by Gasteiger charge is 2.62. The van der Waals surface area contributed by atoms with Crippen molar-refractivity contribution in [3.63, 3.8) is 0 Å². The molecule has 0 bridgehead atoms. The van der Waals surface area contributed by atoms with Gasteiger partial charge in [0.2, 0.25) is 0 Å². The number of esters is 2. The largest absolute Gasteiger partial charge is 0.462 e. The lowest BCUT2D eigenvalue weighted by Gasteiger charge is -2.59. The zero-order chi connectivity index (χ0) is 21.0. The van der Waals surface area contributed by atoms with E-state index >= 15 is 0 Å². The normalized spacial score (nSPS) is 45.9. The quantitative estimate of drug-likeness (QED) is 0.392. The number of rotatable bonds is 3. The SMILES string of the molecule is CC(=O)O[C@@H]1CC2=CC(N=O)[C@H]3[C@@H]4CCC[C@@]4(C)CC[C@@H]3[C@@]2(C)[C@H](OC(C)=O)C1. The number of hydrogen-bond acceptors (Lipinski definition) is 6. The Morgan fingerprint density at radius 1 is 1.07 bits per heavy atom. The summed E-state index contributed by atoms with van der Waals surface area (Å²) in [5.41, 5.74) is 1.03. The number of carbonyl (C=O) groups is 2. The molecule has 1 unspecified atom stereocenters. The van der Waals surface area contributed by atoms with E-state index in [2.05, 4.69) is 19.0 Å². The Hall–Kier alpha value is -1.72. The molecule has 4 rings (SSSR count). The second kappa shape index (κ2) is 7.21. The van der Waals surface area contributed by atoms with E-state index in [0.29, 0.717) is 18.8 Å². The summed E-state index contributed by atoms with van der Waals surface area (Å²) in [6, 6.07) is -0.347. The second-order valence-electron chi connectivity index (χ2n) is 10.2. The maximum atomic E-state index is 12.0. The number of nitrogens with zero attached hydrogens (tertiary/aromatic N) is 1. The fourth-order valence-corrected chi connectivity index (χ4v) is 7.44. The average molecular weight is 404 g/mol. The van der Waals surface area contributed by atoms with Gasteiger partial charge in [0.15, 0.2) is 0 Å². The van der Waals surface area contributed by atoms with E-state index in [1.165, 1.54) is 26.7 Å². The van der Waals surface area contributed by atoms with Gasteiger partial charge in [0.1, 0.15) is 18.2 Å². The third kappa shape index (κ3) is 3.23. The number of nitroso groups, excluding NO2 is 1. The molecule has 0 saturated heterocycles. The molecule has 0 aromatic heterocycles. The van der Waals surface area contributed by atoms with Gasteiger partial charge in [-0.25, -0.2) is 0 Å². The van der Waals surface area contributed by atoms with Crippen molar-refractivity contribution in [2.45, 2.75) is 90.9 Å². The minimum absolute atomic E-state index is 0.200. The second-order valence-corrected chi connectivity index (χ2v) is 10.2. The van der Waals surface area contributed by atoms with Crippen LogP contribution in [-0.2, 0) is 19.1 Å². The van der Waals surface area contributed by atoms with Gasteiger partial charge in [-0.05, 0) is 48.9 Å². The van der Waals surface area contributed by atoms with Crippen LogP contribution in [0.2, 0.25) is 0 Å². The van der Waals surface area contributed by atoms with Crippen molar-refractivity contribution in [2.24, 2.45) is 33.8 Å². The highest BCUT2D eigenvalue weighted by molar-refractivity contribution is 5.67. The number of ether oxygens (including phenoxy) is 2. The fourth-order valence-electron chi connectivity index (χ4n) is 7.44. The van der Waals surface area contributed by atoms with Crippen molar-refractivity contribution in [1.82, 2.24) is 0 Å². The predicted molar refractivity (Wildman–Crippen MR) is 108 cm³/mol. The molecule has 0 heterocycles. The van der Waals surface area contributed by atoms with Crippen LogP contribution in [0.5, 0.6) is 0 Å². The Balaban J connectivity index is 1.76. The first-order chi connectivity index (χ1) is 13.7. The van der Waals surface area contributed by atoms with Crippen LogP contribution in [0.25, 0.3) is 0 Å². The summed E-state index contributed by atoms with van der Waals surface area (Å²) in [5.74, 6) is 0.296. The molecule has 0 amide bonds. The number of carbonyl (C=O) groups excluding carboxylic acids is 2. The summed E-state index contributed by atoms with van der Waals surface area (Å²) in [5, 5.41) is 3.58. The summed E-state index contributed by atoms with van der Waals surface area (Å²) in [6.45, 7) is 7.42. The Bertz CT molecular complexity index is 748. The van der Waals surface area contributed by atoms with Gasteiger partial charge >= 0.3 is 11.9 Å². The van der Waals surface area contributed by atoms with E-state index < -0.39 is 0 Å². The molecule has 0 aromatic carbocycles. The van der Waals surface area contributed by atoms with E-state index in [9.17, 15) is 14.5 Å². The fraction of sp³-hybridized carbons (Fsp3) is 0.826. The van der Waals surface area contributed by atoms with Crippen molar-refractivity contribution in [3.05, 3.63) is 16.6 Å². The van der Waals surface area contributed by atoms with Gasteiger partial charge in [-0.1, -0.05) is 37.1 Å². The smallest absolute Gasteiger partial charge is 0.302 e. The summed E-state index contributed by atoms with van der Waals surface area (Å²) >= 11 is 0. The van der Waals surface area contributed by atoms with Crippen LogP contribution in [0.1, 0.15) is 72.6 Å². The van der Waals surface area contributed by atoms with Crippen LogP contribution in [0, 0.1) is 33.5 Å². The van der Waals surface area contributed by atoms with Crippen molar-refractivity contribution in [1.29, 1.82) is 0 Å². The van der Waals surface area contributed by atoms with E-state index in [1.54, 1.807) is 0 Å². The molecule has 0 spiro atoms. The topological polar surface area (TPSA) is 82.0 Å². The molecule has 0 aromatic rings. The molecule has 6 nitrogen and oxygen atoms in total. The Labute approximate surface area is 172 Å². The molecule has 29 heavy (non-hydrogen) atoms. The molecule has 6 heteroatoms. The Morgan fingerprint density at radius 3 is 2.45 bits per heavy atom. The number of fused-ring (bicyclic) bond motifs is 5. The van der Waals surface area contributed by atoms with Gasteiger partial charge < -0.3 is 9.47 Å². The third-order valence-electron chi connectivity index (χ3n) is 8.70. The molecule has 3 fully saturated rings. The molecule has 0 radical (unpaired) electrons. The van der Waals surface area contributed by atoms with Gasteiger partial charge in [0.05, 0.1) is 0 Å². The maximum absolute atomic E-state index is 12.0. The molecular weight excluding hydrogens is 370 g/mol. The van der Waals surface area contributed by atoms with Gasteiger partial charge in [-0.15, -0.1) is 0 Å².